The smallest absolute Gasteiger partial charge is 0.410 e. The minimum absolute atomic E-state index is 0.232. The Morgan fingerprint density at radius 1 is 1.33 bits per heavy atom. The maximum atomic E-state index is 12.1. The van der Waals surface area contributed by atoms with Crippen molar-refractivity contribution in [1.82, 2.24) is 10.2 Å². The molecule has 1 N–H and O–H groups in total. The van der Waals surface area contributed by atoms with Crippen LogP contribution in [-0.4, -0.2) is 48.1 Å². The molecule has 118 valence electrons. The van der Waals surface area contributed by atoms with Crippen LogP contribution < -0.4 is 5.32 Å². The Balaban J connectivity index is 1.53. The lowest BCUT2D eigenvalue weighted by Crippen LogP contribution is -2.50. The first-order valence-corrected chi connectivity index (χ1v) is 8.18. The molecule has 0 aromatic heterocycles. The maximum Gasteiger partial charge on any atom is 0.410 e. The maximum absolute atomic E-state index is 12.1. The van der Waals surface area contributed by atoms with E-state index in [1.54, 1.807) is 4.90 Å². The summed E-state index contributed by atoms with van der Waals surface area (Å²) in [5.74, 6) is 2.69. The predicted molar refractivity (Wildman–Crippen MR) is 82.5 cm³/mol. The molecule has 0 aromatic carbocycles. The molecule has 2 fully saturated rings. The molecule has 1 heterocycles. The lowest BCUT2D eigenvalue weighted by Gasteiger charge is -2.32. The molecule has 3 aliphatic rings. The van der Waals surface area contributed by atoms with E-state index >= 15 is 0 Å². The average Bonchev–Trinajstić information content (AvgIpc) is 2.99. The third-order valence-corrected chi connectivity index (χ3v) is 4.76. The lowest BCUT2D eigenvalue weighted by molar-refractivity contribution is 0.0276. The number of carbonyl (C=O) groups excluding carboxylic acids is 1. The van der Waals surface area contributed by atoms with E-state index in [1.807, 2.05) is 20.8 Å². The summed E-state index contributed by atoms with van der Waals surface area (Å²) in [5, 5.41) is 3.60. The molecule has 2 aliphatic carbocycles. The van der Waals surface area contributed by atoms with E-state index in [-0.39, 0.29) is 6.09 Å². The fraction of sp³-hybridized carbons (Fsp3) is 0.875. The van der Waals surface area contributed by atoms with Gasteiger partial charge < -0.3 is 10.1 Å². The number of ether oxygens (including phenoxy) is 1. The van der Waals surface area contributed by atoms with Gasteiger partial charge in [-0.15, -0.1) is 0 Å². The van der Waals surface area contributed by atoms with Crippen LogP contribution in [0.15, 0.2) is 4.99 Å². The van der Waals surface area contributed by atoms with Crippen molar-refractivity contribution >= 4 is 11.9 Å². The van der Waals surface area contributed by atoms with Crippen molar-refractivity contribution in [1.29, 1.82) is 0 Å². The molecule has 0 spiro atoms. The van der Waals surface area contributed by atoms with Crippen LogP contribution in [0.1, 0.15) is 46.5 Å². The van der Waals surface area contributed by atoms with Crippen LogP contribution in [0.2, 0.25) is 0 Å². The Bertz CT molecular complexity index is 441. The van der Waals surface area contributed by atoms with Crippen molar-refractivity contribution in [2.45, 2.75) is 58.1 Å². The van der Waals surface area contributed by atoms with Crippen LogP contribution in [0.3, 0.4) is 0 Å². The fourth-order valence-corrected chi connectivity index (χ4v) is 3.82. The number of hydrogen-bond acceptors (Lipinski definition) is 4. The molecule has 3 unspecified atom stereocenters. The zero-order chi connectivity index (χ0) is 15.0. The summed E-state index contributed by atoms with van der Waals surface area (Å²) in [6.07, 6.45) is 5.17. The molecule has 3 rings (SSSR count). The van der Waals surface area contributed by atoms with Gasteiger partial charge in [-0.2, -0.15) is 0 Å². The van der Waals surface area contributed by atoms with E-state index in [4.69, 9.17) is 4.74 Å². The van der Waals surface area contributed by atoms with Crippen LogP contribution in [0.5, 0.6) is 0 Å². The summed E-state index contributed by atoms with van der Waals surface area (Å²) in [5.41, 5.74) is -0.441. The van der Waals surface area contributed by atoms with E-state index < -0.39 is 5.60 Å². The second kappa shape index (κ2) is 5.50. The Morgan fingerprint density at radius 3 is 2.76 bits per heavy atom. The highest BCUT2D eigenvalue weighted by Gasteiger charge is 2.40. The number of carbonyl (C=O) groups is 1. The minimum atomic E-state index is -0.441. The van der Waals surface area contributed by atoms with Crippen LogP contribution in [0.25, 0.3) is 0 Å². The number of fused-ring (bicyclic) bond motifs is 2. The molecule has 0 aromatic rings. The lowest BCUT2D eigenvalue weighted by atomic mass is 9.95. The quantitative estimate of drug-likeness (QED) is 0.808. The van der Waals surface area contributed by atoms with Gasteiger partial charge in [0.1, 0.15) is 11.4 Å². The average molecular weight is 293 g/mol. The second-order valence-electron chi connectivity index (χ2n) is 7.66. The number of nitrogens with one attached hydrogen (secondary N) is 1. The third kappa shape index (κ3) is 3.50. The minimum Gasteiger partial charge on any atom is -0.444 e. The number of amides is 1. The zero-order valence-corrected chi connectivity index (χ0v) is 13.4. The highest BCUT2D eigenvalue weighted by Crippen LogP contribution is 2.44. The van der Waals surface area contributed by atoms with Gasteiger partial charge in [0.2, 0.25) is 0 Å². The van der Waals surface area contributed by atoms with Gasteiger partial charge in [0.05, 0.1) is 13.1 Å². The fourth-order valence-electron chi connectivity index (χ4n) is 3.82. The molecule has 2 bridgehead atoms. The van der Waals surface area contributed by atoms with Crippen molar-refractivity contribution in [3.05, 3.63) is 0 Å². The van der Waals surface area contributed by atoms with Gasteiger partial charge in [-0.05, 0) is 51.9 Å². The molecular formula is C16H27N3O2. The van der Waals surface area contributed by atoms with Crippen molar-refractivity contribution < 1.29 is 9.53 Å². The molecule has 0 saturated heterocycles. The van der Waals surface area contributed by atoms with Gasteiger partial charge in [-0.25, -0.2) is 4.79 Å². The molecule has 1 aliphatic heterocycles. The van der Waals surface area contributed by atoms with Crippen molar-refractivity contribution in [3.8, 4) is 0 Å². The van der Waals surface area contributed by atoms with Gasteiger partial charge in [-0.3, -0.25) is 9.89 Å². The van der Waals surface area contributed by atoms with E-state index in [0.29, 0.717) is 25.7 Å². The van der Waals surface area contributed by atoms with Crippen LogP contribution >= 0.6 is 0 Å². The van der Waals surface area contributed by atoms with Gasteiger partial charge in [-0.1, -0.05) is 6.42 Å². The van der Waals surface area contributed by atoms with Crippen LogP contribution in [-0.2, 0) is 4.74 Å². The number of hydrogen-bond donors (Lipinski definition) is 1. The summed E-state index contributed by atoms with van der Waals surface area (Å²) in [6, 6.07) is 0.570. The molecule has 1 amide bonds. The molecule has 5 heteroatoms. The summed E-state index contributed by atoms with van der Waals surface area (Å²) < 4.78 is 5.45. The van der Waals surface area contributed by atoms with Crippen molar-refractivity contribution in [2.24, 2.45) is 16.8 Å². The number of amidine groups is 1. The summed E-state index contributed by atoms with van der Waals surface area (Å²) in [7, 11) is 0. The second-order valence-corrected chi connectivity index (χ2v) is 7.66. The van der Waals surface area contributed by atoms with Gasteiger partial charge in [0.25, 0.3) is 0 Å². The summed E-state index contributed by atoms with van der Waals surface area (Å²) in [6.45, 7) is 7.58. The molecule has 3 atom stereocenters. The van der Waals surface area contributed by atoms with Gasteiger partial charge in [0, 0.05) is 12.6 Å². The van der Waals surface area contributed by atoms with Crippen LogP contribution in [0.4, 0.5) is 4.79 Å². The standard InChI is InChI=1S/C16H27N3O2/c1-16(2,3)21-15(20)19-7-6-17-14(10-19)18-13-9-11-4-5-12(13)8-11/h11-13H,4-10H2,1-3H3,(H,17,18). The third-order valence-electron chi connectivity index (χ3n) is 4.76. The Hall–Kier alpha value is -1.26. The number of aliphatic imine (C=N–C) groups is 1. The molecule has 0 radical (unpaired) electrons. The van der Waals surface area contributed by atoms with E-state index in [1.165, 1.54) is 25.7 Å². The van der Waals surface area contributed by atoms with Crippen molar-refractivity contribution in [3.63, 3.8) is 0 Å². The summed E-state index contributed by atoms with van der Waals surface area (Å²) in [4.78, 5) is 18.5. The van der Waals surface area contributed by atoms with Gasteiger partial charge >= 0.3 is 6.09 Å². The largest absolute Gasteiger partial charge is 0.444 e. The Morgan fingerprint density at radius 2 is 2.14 bits per heavy atom. The van der Waals surface area contributed by atoms with E-state index in [0.717, 1.165) is 17.7 Å². The molecular weight excluding hydrogens is 266 g/mol. The van der Waals surface area contributed by atoms with Crippen molar-refractivity contribution in [2.75, 3.05) is 19.6 Å². The topological polar surface area (TPSA) is 53.9 Å². The predicted octanol–water partition coefficient (Wildman–Crippen LogP) is 2.41. The first-order chi connectivity index (χ1) is 9.90. The summed E-state index contributed by atoms with van der Waals surface area (Å²) >= 11 is 0. The molecule has 21 heavy (non-hydrogen) atoms. The van der Waals surface area contributed by atoms with Gasteiger partial charge in [0.15, 0.2) is 0 Å². The first-order valence-electron chi connectivity index (χ1n) is 8.18. The molecule has 5 nitrogen and oxygen atoms in total. The SMILES string of the molecule is CC(C)(C)OC(=O)N1CCN=C(NC2CC3CCC2C3)C1. The number of rotatable bonds is 1. The first kappa shape index (κ1) is 14.7. The highest BCUT2D eigenvalue weighted by molar-refractivity contribution is 5.88. The monoisotopic (exact) mass is 293 g/mol. The van der Waals surface area contributed by atoms with E-state index in [9.17, 15) is 4.79 Å². The Kier molecular flexibility index (Phi) is 3.84. The van der Waals surface area contributed by atoms with Crippen LogP contribution in [0, 0.1) is 11.8 Å². The molecule has 2 saturated carbocycles. The zero-order valence-electron chi connectivity index (χ0n) is 13.4. The Labute approximate surface area is 127 Å². The number of nitrogens with zero attached hydrogens (tertiary/aromatic N) is 2. The van der Waals surface area contributed by atoms with E-state index in [2.05, 4.69) is 10.3 Å². The normalized spacial score (nSPS) is 32.0. The highest BCUT2D eigenvalue weighted by atomic mass is 16.6.